The number of aliphatic hydroxyl groups excluding tert-OH is 1. The van der Waals surface area contributed by atoms with Gasteiger partial charge in [-0.3, -0.25) is 14.3 Å². The Hall–Kier alpha value is -3.86. The Bertz CT molecular complexity index is 1280. The van der Waals surface area contributed by atoms with Crippen LogP contribution in [0.25, 0.3) is 16.7 Å². The van der Waals surface area contributed by atoms with Gasteiger partial charge in [0.25, 0.3) is 11.8 Å². The second-order valence-corrected chi connectivity index (χ2v) is 7.86. The van der Waals surface area contributed by atoms with Gasteiger partial charge in [-0.15, -0.1) is 0 Å². The molecule has 1 atom stereocenters. The first-order chi connectivity index (χ1) is 15.9. The molecule has 0 saturated carbocycles. The van der Waals surface area contributed by atoms with Gasteiger partial charge in [0.15, 0.2) is 12.0 Å². The molecule has 0 aliphatic carbocycles. The molecule has 4 aromatic rings. The van der Waals surface area contributed by atoms with E-state index in [1.165, 1.54) is 17.3 Å². The number of carbonyl (C=O) groups is 1. The highest BCUT2D eigenvalue weighted by atomic mass is 19.3. The molecular weight excluding hydrogens is 434 g/mol. The van der Waals surface area contributed by atoms with E-state index in [1.54, 1.807) is 41.4 Å². The maximum Gasteiger partial charge on any atom is 0.255 e. The fourth-order valence-corrected chi connectivity index (χ4v) is 3.80. The zero-order valence-corrected chi connectivity index (χ0v) is 17.4. The van der Waals surface area contributed by atoms with Crippen LogP contribution >= 0.6 is 0 Å². The van der Waals surface area contributed by atoms with E-state index in [-0.39, 0.29) is 37.6 Å². The lowest BCUT2D eigenvalue weighted by atomic mass is 10.1. The van der Waals surface area contributed by atoms with Gasteiger partial charge in [0.2, 0.25) is 0 Å². The molecule has 9 nitrogen and oxygen atoms in total. The number of likely N-dealkylation sites (tertiary alicyclic amines) is 1. The number of piperidine rings is 1. The smallest absolute Gasteiger partial charge is 0.255 e. The third-order valence-corrected chi connectivity index (χ3v) is 5.59. The van der Waals surface area contributed by atoms with Crippen LogP contribution in [0, 0.1) is 0 Å². The molecule has 2 N–H and O–H groups in total. The van der Waals surface area contributed by atoms with Crippen molar-refractivity contribution in [3.63, 3.8) is 0 Å². The zero-order chi connectivity index (χ0) is 23.0. The van der Waals surface area contributed by atoms with Crippen LogP contribution in [-0.2, 0) is 0 Å². The molecule has 0 spiro atoms. The van der Waals surface area contributed by atoms with Gasteiger partial charge in [-0.25, -0.2) is 13.8 Å². The molecule has 1 saturated heterocycles. The molecule has 0 aromatic carbocycles. The average molecular weight is 454 g/mol. The number of nitrogens with zero attached hydrogens (tertiary/aromatic N) is 5. The predicted octanol–water partition coefficient (Wildman–Crippen LogP) is 3.38. The van der Waals surface area contributed by atoms with E-state index in [0.29, 0.717) is 22.6 Å². The van der Waals surface area contributed by atoms with Crippen LogP contribution in [0.5, 0.6) is 0 Å². The van der Waals surface area contributed by atoms with Gasteiger partial charge in [0, 0.05) is 49.8 Å². The molecule has 5 heterocycles. The fraction of sp³-hybridized carbons (Fsp3) is 0.273. The van der Waals surface area contributed by atoms with Crippen molar-refractivity contribution in [1.82, 2.24) is 24.6 Å². The molecule has 4 aromatic heterocycles. The first-order valence-corrected chi connectivity index (χ1v) is 10.3. The number of alkyl halides is 2. The number of fused-ring (bicyclic) bond motifs is 1. The van der Waals surface area contributed by atoms with Gasteiger partial charge in [-0.1, -0.05) is 5.16 Å². The van der Waals surface area contributed by atoms with Crippen LogP contribution in [0.3, 0.4) is 0 Å². The lowest BCUT2D eigenvalue weighted by Gasteiger charge is -2.31. The summed E-state index contributed by atoms with van der Waals surface area (Å²) in [5, 5.41) is 17.4. The van der Waals surface area contributed by atoms with Crippen molar-refractivity contribution in [3.05, 3.63) is 66.6 Å². The SMILES string of the molecule is O=C(c1cnc2c(ccn2-c2cncc(NC(O)c3ccno3)c2)c1)N1CCC(F)(F)CC1. The van der Waals surface area contributed by atoms with Crippen molar-refractivity contribution in [1.29, 1.82) is 0 Å². The number of halogens is 2. The van der Waals surface area contributed by atoms with Gasteiger partial charge in [-0.05, 0) is 18.2 Å². The van der Waals surface area contributed by atoms with Crippen molar-refractivity contribution in [3.8, 4) is 5.69 Å². The van der Waals surface area contributed by atoms with Gasteiger partial charge >= 0.3 is 0 Å². The molecule has 1 aliphatic rings. The first kappa shape index (κ1) is 21.0. The average Bonchev–Trinajstić information content (AvgIpc) is 3.49. The summed E-state index contributed by atoms with van der Waals surface area (Å²) in [6.07, 6.45) is 6.14. The number of aliphatic hydroxyl groups is 1. The van der Waals surface area contributed by atoms with E-state index in [0.717, 1.165) is 5.39 Å². The summed E-state index contributed by atoms with van der Waals surface area (Å²) in [6, 6.07) is 6.84. The van der Waals surface area contributed by atoms with Gasteiger partial charge < -0.3 is 19.8 Å². The lowest BCUT2D eigenvalue weighted by Crippen LogP contribution is -2.42. The number of hydrogen-bond acceptors (Lipinski definition) is 7. The van der Waals surface area contributed by atoms with E-state index in [1.807, 2.05) is 6.07 Å². The van der Waals surface area contributed by atoms with Gasteiger partial charge in [-0.2, -0.15) is 0 Å². The largest absolute Gasteiger partial charge is 0.367 e. The number of anilines is 1. The number of amides is 1. The Balaban J connectivity index is 1.36. The predicted molar refractivity (Wildman–Crippen MR) is 114 cm³/mol. The highest BCUT2D eigenvalue weighted by molar-refractivity contribution is 5.97. The second kappa shape index (κ2) is 8.24. The summed E-state index contributed by atoms with van der Waals surface area (Å²) in [7, 11) is 0. The third-order valence-electron chi connectivity index (χ3n) is 5.59. The second-order valence-electron chi connectivity index (χ2n) is 7.86. The molecule has 1 amide bonds. The number of hydrogen-bond donors (Lipinski definition) is 2. The number of pyridine rings is 2. The van der Waals surface area contributed by atoms with Gasteiger partial charge in [0.05, 0.1) is 35.5 Å². The Morgan fingerprint density at radius 2 is 2.00 bits per heavy atom. The minimum Gasteiger partial charge on any atom is -0.367 e. The number of carbonyl (C=O) groups excluding carboxylic acids is 1. The Labute approximate surface area is 186 Å². The normalized spacial score (nSPS) is 16.6. The van der Waals surface area contributed by atoms with Crippen LogP contribution in [0.15, 0.2) is 59.8 Å². The van der Waals surface area contributed by atoms with Crippen LogP contribution in [0.4, 0.5) is 14.5 Å². The summed E-state index contributed by atoms with van der Waals surface area (Å²) >= 11 is 0. The lowest BCUT2D eigenvalue weighted by molar-refractivity contribution is -0.0494. The molecular formula is C22H20F2N6O3. The minimum atomic E-state index is -2.71. The molecule has 170 valence electrons. The van der Waals surface area contributed by atoms with E-state index in [9.17, 15) is 18.7 Å². The van der Waals surface area contributed by atoms with Crippen LogP contribution in [0.2, 0.25) is 0 Å². The van der Waals surface area contributed by atoms with E-state index in [4.69, 9.17) is 4.52 Å². The van der Waals surface area contributed by atoms with Crippen molar-refractivity contribution in [2.75, 3.05) is 18.4 Å². The van der Waals surface area contributed by atoms with Gasteiger partial charge in [0.1, 0.15) is 5.65 Å². The number of aromatic nitrogens is 4. The Morgan fingerprint density at radius 1 is 1.18 bits per heavy atom. The summed E-state index contributed by atoms with van der Waals surface area (Å²) in [5.74, 6) is -2.75. The molecule has 1 unspecified atom stereocenters. The Kier molecular flexibility index (Phi) is 5.25. The monoisotopic (exact) mass is 454 g/mol. The van der Waals surface area contributed by atoms with E-state index in [2.05, 4.69) is 20.4 Å². The first-order valence-electron chi connectivity index (χ1n) is 10.3. The molecule has 33 heavy (non-hydrogen) atoms. The Morgan fingerprint density at radius 3 is 2.76 bits per heavy atom. The van der Waals surface area contributed by atoms with Crippen molar-refractivity contribution in [2.24, 2.45) is 0 Å². The highest BCUT2D eigenvalue weighted by Gasteiger charge is 2.35. The van der Waals surface area contributed by atoms with E-state index < -0.39 is 12.2 Å². The topological polar surface area (TPSA) is 109 Å². The molecule has 11 heteroatoms. The summed E-state index contributed by atoms with van der Waals surface area (Å²) < 4.78 is 33.5. The summed E-state index contributed by atoms with van der Waals surface area (Å²) in [5.41, 5.74) is 2.19. The molecule has 1 aliphatic heterocycles. The number of rotatable bonds is 5. The third kappa shape index (κ3) is 4.27. The summed E-state index contributed by atoms with van der Waals surface area (Å²) in [4.78, 5) is 22.8. The molecule has 0 bridgehead atoms. The zero-order valence-electron chi connectivity index (χ0n) is 17.4. The van der Waals surface area contributed by atoms with Crippen molar-refractivity contribution < 1.29 is 23.2 Å². The summed E-state index contributed by atoms with van der Waals surface area (Å²) in [6.45, 7) is 0.0481. The van der Waals surface area contributed by atoms with Crippen LogP contribution in [-0.4, -0.2) is 54.6 Å². The molecule has 5 rings (SSSR count). The van der Waals surface area contributed by atoms with Crippen LogP contribution < -0.4 is 5.32 Å². The minimum absolute atomic E-state index is 0.0241. The molecule has 1 fully saturated rings. The van der Waals surface area contributed by atoms with Crippen LogP contribution in [0.1, 0.15) is 35.2 Å². The van der Waals surface area contributed by atoms with Crippen molar-refractivity contribution in [2.45, 2.75) is 25.0 Å². The quantitative estimate of drug-likeness (QED) is 0.445. The highest BCUT2D eigenvalue weighted by Crippen LogP contribution is 2.29. The maximum atomic E-state index is 13.4. The standard InChI is InChI=1S/C22H20F2N6O3/c23-22(24)3-7-29(8-4-22)21(32)15-9-14-2-6-30(19(14)26-11-15)17-10-16(12-25-13-17)28-20(31)18-1-5-27-33-18/h1-2,5-6,9-13,20,28,31H,3-4,7-8H2. The van der Waals surface area contributed by atoms with Crippen molar-refractivity contribution >= 4 is 22.6 Å². The van der Waals surface area contributed by atoms with E-state index >= 15 is 0 Å². The maximum absolute atomic E-state index is 13.4. The number of nitrogens with one attached hydrogen (secondary N) is 1. The molecule has 0 radical (unpaired) electrons. The fourth-order valence-electron chi connectivity index (χ4n) is 3.80.